The SMILES string of the molecule is NC(=O)C1CCN(S(=O)(=O)N2CCO[C@H](c3ccccc3)C2)CC1. The van der Waals surface area contributed by atoms with Gasteiger partial charge in [0.25, 0.3) is 10.2 Å². The second-order valence-electron chi connectivity index (χ2n) is 6.21. The fourth-order valence-corrected chi connectivity index (χ4v) is 4.87. The van der Waals surface area contributed by atoms with Crippen LogP contribution in [-0.2, 0) is 19.7 Å². The Kier molecular flexibility index (Phi) is 5.19. The third kappa shape index (κ3) is 3.61. The molecule has 7 nitrogen and oxygen atoms in total. The predicted octanol–water partition coefficient (Wildman–Crippen LogP) is 0.502. The summed E-state index contributed by atoms with van der Waals surface area (Å²) in [4.78, 5) is 11.2. The molecule has 0 spiro atoms. The lowest BCUT2D eigenvalue weighted by atomic mass is 9.98. The number of nitrogens with zero attached hydrogens (tertiary/aromatic N) is 2. The van der Waals surface area contributed by atoms with Crippen LogP contribution in [-0.4, -0.2) is 55.7 Å². The summed E-state index contributed by atoms with van der Waals surface area (Å²) in [7, 11) is -3.54. The monoisotopic (exact) mass is 353 g/mol. The van der Waals surface area contributed by atoms with E-state index in [2.05, 4.69) is 0 Å². The molecular formula is C16H23N3O4S. The molecule has 1 atom stereocenters. The highest BCUT2D eigenvalue weighted by Gasteiger charge is 2.37. The van der Waals surface area contributed by atoms with Crippen LogP contribution < -0.4 is 5.73 Å². The van der Waals surface area contributed by atoms with Gasteiger partial charge in [0, 0.05) is 32.1 Å². The summed E-state index contributed by atoms with van der Waals surface area (Å²) in [5.74, 6) is -0.569. The van der Waals surface area contributed by atoms with Gasteiger partial charge in [-0.3, -0.25) is 4.79 Å². The predicted molar refractivity (Wildman–Crippen MR) is 89.1 cm³/mol. The number of benzene rings is 1. The molecule has 1 aromatic rings. The maximum Gasteiger partial charge on any atom is 0.282 e. The highest BCUT2D eigenvalue weighted by atomic mass is 32.2. The fourth-order valence-electron chi connectivity index (χ4n) is 3.24. The number of rotatable bonds is 4. The molecule has 0 radical (unpaired) electrons. The Morgan fingerprint density at radius 3 is 2.38 bits per heavy atom. The van der Waals surface area contributed by atoms with E-state index in [4.69, 9.17) is 10.5 Å². The average Bonchev–Trinajstić information content (AvgIpc) is 2.62. The number of ether oxygens (including phenoxy) is 1. The molecule has 2 aliphatic heterocycles. The molecule has 2 saturated heterocycles. The number of amides is 1. The minimum absolute atomic E-state index is 0.224. The minimum Gasteiger partial charge on any atom is -0.371 e. The van der Waals surface area contributed by atoms with Crippen molar-refractivity contribution in [3.05, 3.63) is 35.9 Å². The number of hydrogen-bond acceptors (Lipinski definition) is 4. The van der Waals surface area contributed by atoms with Crippen molar-refractivity contribution < 1.29 is 17.9 Å². The molecule has 2 heterocycles. The average molecular weight is 353 g/mol. The van der Waals surface area contributed by atoms with Gasteiger partial charge in [0.2, 0.25) is 5.91 Å². The molecule has 1 amide bonds. The van der Waals surface area contributed by atoms with Crippen molar-refractivity contribution in [1.29, 1.82) is 0 Å². The lowest BCUT2D eigenvalue weighted by Gasteiger charge is -2.37. The van der Waals surface area contributed by atoms with Crippen LogP contribution in [0, 0.1) is 5.92 Å². The quantitative estimate of drug-likeness (QED) is 0.853. The lowest BCUT2D eigenvalue weighted by molar-refractivity contribution is -0.122. The number of nitrogens with two attached hydrogens (primary N) is 1. The van der Waals surface area contributed by atoms with E-state index in [1.54, 1.807) is 0 Å². The molecule has 0 saturated carbocycles. The standard InChI is InChI=1S/C16H23N3O4S/c17-16(20)14-6-8-18(9-7-14)24(21,22)19-10-11-23-15(12-19)13-4-2-1-3-5-13/h1-5,14-15H,6-12H2,(H2,17,20)/t15-/m0/s1. The maximum absolute atomic E-state index is 12.9. The van der Waals surface area contributed by atoms with E-state index in [-0.39, 0.29) is 17.9 Å². The molecule has 2 N–H and O–H groups in total. The molecule has 24 heavy (non-hydrogen) atoms. The lowest BCUT2D eigenvalue weighted by Crippen LogP contribution is -2.51. The first kappa shape index (κ1) is 17.3. The van der Waals surface area contributed by atoms with Crippen LogP contribution in [0.3, 0.4) is 0 Å². The summed E-state index contributed by atoms with van der Waals surface area (Å²) in [6, 6.07) is 9.64. The zero-order valence-electron chi connectivity index (χ0n) is 13.5. The summed E-state index contributed by atoms with van der Waals surface area (Å²) in [5, 5.41) is 0. The van der Waals surface area contributed by atoms with Gasteiger partial charge < -0.3 is 10.5 Å². The smallest absolute Gasteiger partial charge is 0.282 e. The Hall–Kier alpha value is -1.48. The van der Waals surface area contributed by atoms with Crippen molar-refractivity contribution in [3.8, 4) is 0 Å². The molecular weight excluding hydrogens is 330 g/mol. The van der Waals surface area contributed by atoms with E-state index in [1.807, 2.05) is 30.3 Å². The highest BCUT2D eigenvalue weighted by molar-refractivity contribution is 7.86. The van der Waals surface area contributed by atoms with Gasteiger partial charge in [0.15, 0.2) is 0 Å². The van der Waals surface area contributed by atoms with Crippen molar-refractivity contribution in [1.82, 2.24) is 8.61 Å². The second-order valence-corrected chi connectivity index (χ2v) is 8.14. The maximum atomic E-state index is 12.9. The number of carbonyl (C=O) groups is 1. The third-order valence-electron chi connectivity index (χ3n) is 4.71. The van der Waals surface area contributed by atoms with E-state index >= 15 is 0 Å². The largest absolute Gasteiger partial charge is 0.371 e. The van der Waals surface area contributed by atoms with Crippen LogP contribution in [0.5, 0.6) is 0 Å². The van der Waals surface area contributed by atoms with E-state index in [1.165, 1.54) is 8.61 Å². The Morgan fingerprint density at radius 2 is 1.75 bits per heavy atom. The summed E-state index contributed by atoms with van der Waals surface area (Å²) in [5.41, 5.74) is 6.29. The fraction of sp³-hybridized carbons (Fsp3) is 0.562. The van der Waals surface area contributed by atoms with Crippen LogP contribution in [0.25, 0.3) is 0 Å². The van der Waals surface area contributed by atoms with Crippen LogP contribution in [0.1, 0.15) is 24.5 Å². The molecule has 0 aliphatic carbocycles. The first-order valence-corrected chi connectivity index (χ1v) is 9.59. The Labute approximate surface area is 142 Å². The van der Waals surface area contributed by atoms with Crippen LogP contribution in [0.15, 0.2) is 30.3 Å². The van der Waals surface area contributed by atoms with Gasteiger partial charge >= 0.3 is 0 Å². The van der Waals surface area contributed by atoms with Gasteiger partial charge in [-0.1, -0.05) is 30.3 Å². The van der Waals surface area contributed by atoms with Crippen molar-refractivity contribution in [3.63, 3.8) is 0 Å². The number of morpholine rings is 1. The molecule has 1 aromatic carbocycles. The first-order valence-electron chi connectivity index (χ1n) is 8.19. The molecule has 0 aromatic heterocycles. The number of hydrogen-bond donors (Lipinski definition) is 1. The normalized spacial score (nSPS) is 24.8. The Bertz CT molecular complexity index is 672. The topological polar surface area (TPSA) is 92.9 Å². The highest BCUT2D eigenvalue weighted by Crippen LogP contribution is 2.27. The molecule has 132 valence electrons. The second kappa shape index (κ2) is 7.18. The number of carbonyl (C=O) groups excluding carboxylic acids is 1. The van der Waals surface area contributed by atoms with Crippen molar-refractivity contribution in [2.45, 2.75) is 18.9 Å². The first-order chi connectivity index (χ1) is 11.5. The molecule has 2 fully saturated rings. The van der Waals surface area contributed by atoms with Crippen molar-refractivity contribution in [2.75, 3.05) is 32.8 Å². The van der Waals surface area contributed by atoms with E-state index in [0.29, 0.717) is 45.6 Å². The van der Waals surface area contributed by atoms with Crippen LogP contribution >= 0.6 is 0 Å². The van der Waals surface area contributed by atoms with Crippen molar-refractivity contribution in [2.24, 2.45) is 11.7 Å². The number of primary amides is 1. The Morgan fingerprint density at radius 1 is 1.08 bits per heavy atom. The van der Waals surface area contributed by atoms with Crippen LogP contribution in [0.4, 0.5) is 0 Å². The summed E-state index contributed by atoms with van der Waals surface area (Å²) < 4.78 is 34.4. The zero-order chi connectivity index (χ0) is 17.2. The number of piperidine rings is 1. The minimum atomic E-state index is -3.54. The summed E-state index contributed by atoms with van der Waals surface area (Å²) >= 11 is 0. The van der Waals surface area contributed by atoms with Crippen molar-refractivity contribution >= 4 is 16.1 Å². The summed E-state index contributed by atoms with van der Waals surface area (Å²) in [6.45, 7) is 1.70. The van der Waals surface area contributed by atoms with Gasteiger partial charge in [-0.2, -0.15) is 17.0 Å². The molecule has 0 unspecified atom stereocenters. The molecule has 8 heteroatoms. The van der Waals surface area contributed by atoms with Gasteiger partial charge in [0.05, 0.1) is 12.7 Å². The van der Waals surface area contributed by atoms with Crippen LogP contribution in [0.2, 0.25) is 0 Å². The van der Waals surface area contributed by atoms with Gasteiger partial charge in [0.1, 0.15) is 0 Å². The zero-order valence-corrected chi connectivity index (χ0v) is 14.3. The van der Waals surface area contributed by atoms with E-state index in [9.17, 15) is 13.2 Å². The van der Waals surface area contributed by atoms with Gasteiger partial charge in [-0.05, 0) is 18.4 Å². The van der Waals surface area contributed by atoms with Gasteiger partial charge in [-0.15, -0.1) is 0 Å². The van der Waals surface area contributed by atoms with E-state index in [0.717, 1.165) is 5.56 Å². The van der Waals surface area contributed by atoms with Gasteiger partial charge in [-0.25, -0.2) is 0 Å². The summed E-state index contributed by atoms with van der Waals surface area (Å²) in [6.07, 6.45) is 0.722. The molecule has 0 bridgehead atoms. The third-order valence-corrected chi connectivity index (χ3v) is 6.71. The van der Waals surface area contributed by atoms with E-state index < -0.39 is 10.2 Å². The molecule has 3 rings (SSSR count). The molecule has 2 aliphatic rings. The Balaban J connectivity index is 1.67.